The summed E-state index contributed by atoms with van der Waals surface area (Å²) >= 11 is 0. The molecule has 1 rings (SSSR count). The van der Waals surface area contributed by atoms with Gasteiger partial charge in [0, 0.05) is 6.61 Å². The highest BCUT2D eigenvalue weighted by Gasteiger charge is 2.14. The van der Waals surface area contributed by atoms with Crippen LogP contribution in [-0.2, 0) is 19.0 Å². The van der Waals surface area contributed by atoms with Gasteiger partial charge < -0.3 is 4.74 Å². The Morgan fingerprint density at radius 2 is 2.31 bits per heavy atom. The Kier molecular flexibility index (Phi) is 4.15. The third-order valence-corrected chi connectivity index (χ3v) is 2.59. The predicted octanol–water partition coefficient (Wildman–Crippen LogP) is 0.922. The van der Waals surface area contributed by atoms with Crippen LogP contribution in [0.1, 0.15) is 25.7 Å². The molecule has 0 amide bonds. The van der Waals surface area contributed by atoms with Crippen molar-refractivity contribution in [1.82, 2.24) is 0 Å². The molecule has 0 saturated carbocycles. The van der Waals surface area contributed by atoms with Crippen LogP contribution >= 0.6 is 0 Å². The monoisotopic (exact) mass is 208 g/mol. The minimum absolute atomic E-state index is 0.276. The van der Waals surface area contributed by atoms with Gasteiger partial charge in [0.1, 0.15) is 0 Å². The molecule has 0 aromatic carbocycles. The Labute approximate surface area is 79.3 Å². The normalized spacial score (nSPS) is 23.6. The van der Waals surface area contributed by atoms with Gasteiger partial charge in [0.25, 0.3) is 10.1 Å². The summed E-state index contributed by atoms with van der Waals surface area (Å²) in [4.78, 5) is 0. The van der Waals surface area contributed by atoms with Gasteiger partial charge in [-0.3, -0.25) is 4.18 Å². The zero-order valence-corrected chi connectivity index (χ0v) is 8.68. The number of hydrogen-bond acceptors (Lipinski definition) is 4. The SMILES string of the molecule is CS(=O)(=O)OCCCC1CCCO1. The van der Waals surface area contributed by atoms with Crippen LogP contribution in [0.2, 0.25) is 0 Å². The molecule has 1 atom stereocenters. The summed E-state index contributed by atoms with van der Waals surface area (Å²) in [5, 5.41) is 0. The summed E-state index contributed by atoms with van der Waals surface area (Å²) in [6.07, 6.45) is 5.26. The Morgan fingerprint density at radius 3 is 2.85 bits per heavy atom. The van der Waals surface area contributed by atoms with E-state index in [1.165, 1.54) is 0 Å². The van der Waals surface area contributed by atoms with Crippen LogP contribution < -0.4 is 0 Å². The minimum atomic E-state index is -3.26. The number of hydrogen-bond donors (Lipinski definition) is 0. The highest BCUT2D eigenvalue weighted by molar-refractivity contribution is 7.85. The summed E-state index contributed by atoms with van der Waals surface area (Å²) in [5.41, 5.74) is 0. The lowest BCUT2D eigenvalue weighted by Crippen LogP contribution is -2.09. The molecule has 0 N–H and O–H groups in total. The van der Waals surface area contributed by atoms with Gasteiger partial charge >= 0.3 is 0 Å². The van der Waals surface area contributed by atoms with Crippen molar-refractivity contribution >= 4 is 10.1 Å². The quantitative estimate of drug-likeness (QED) is 0.498. The van der Waals surface area contributed by atoms with Crippen LogP contribution in [0.5, 0.6) is 0 Å². The average Bonchev–Trinajstić information content (AvgIpc) is 2.48. The molecule has 1 aliphatic rings. The maximum absolute atomic E-state index is 10.6. The molecule has 0 radical (unpaired) electrons. The van der Waals surface area contributed by atoms with E-state index in [-0.39, 0.29) is 6.61 Å². The van der Waals surface area contributed by atoms with E-state index < -0.39 is 10.1 Å². The van der Waals surface area contributed by atoms with Crippen molar-refractivity contribution in [2.24, 2.45) is 0 Å². The summed E-state index contributed by atoms with van der Waals surface area (Å²) in [6.45, 7) is 1.12. The molecular formula is C8H16O4S. The summed E-state index contributed by atoms with van der Waals surface area (Å²) < 4.78 is 31.1. The second kappa shape index (κ2) is 4.93. The van der Waals surface area contributed by atoms with Crippen LogP contribution in [0.25, 0.3) is 0 Å². The zero-order chi connectivity index (χ0) is 9.73. The lowest BCUT2D eigenvalue weighted by molar-refractivity contribution is 0.0984. The maximum atomic E-state index is 10.6. The molecule has 1 saturated heterocycles. The van der Waals surface area contributed by atoms with E-state index in [9.17, 15) is 8.42 Å². The van der Waals surface area contributed by atoms with E-state index in [0.29, 0.717) is 6.10 Å². The van der Waals surface area contributed by atoms with E-state index in [0.717, 1.165) is 38.5 Å². The Morgan fingerprint density at radius 1 is 1.54 bits per heavy atom. The predicted molar refractivity (Wildman–Crippen MR) is 49.0 cm³/mol. The van der Waals surface area contributed by atoms with Gasteiger partial charge in [0.15, 0.2) is 0 Å². The van der Waals surface area contributed by atoms with Crippen LogP contribution in [-0.4, -0.2) is 34.0 Å². The van der Waals surface area contributed by atoms with Gasteiger partial charge in [-0.1, -0.05) is 0 Å². The van der Waals surface area contributed by atoms with Crippen molar-refractivity contribution in [3.63, 3.8) is 0 Å². The van der Waals surface area contributed by atoms with Crippen LogP contribution in [0.15, 0.2) is 0 Å². The summed E-state index contributed by atoms with van der Waals surface area (Å²) in [6, 6.07) is 0. The Bertz CT molecular complexity index is 229. The topological polar surface area (TPSA) is 52.6 Å². The first-order chi connectivity index (χ1) is 6.08. The van der Waals surface area contributed by atoms with Gasteiger partial charge in [-0.25, -0.2) is 0 Å². The highest BCUT2D eigenvalue weighted by Crippen LogP contribution is 2.16. The molecule has 0 aromatic rings. The van der Waals surface area contributed by atoms with Gasteiger partial charge in [-0.15, -0.1) is 0 Å². The molecule has 0 bridgehead atoms. The fourth-order valence-corrected chi connectivity index (χ4v) is 1.81. The second-order valence-electron chi connectivity index (χ2n) is 3.30. The van der Waals surface area contributed by atoms with Crippen molar-refractivity contribution in [2.45, 2.75) is 31.8 Å². The van der Waals surface area contributed by atoms with Crippen LogP contribution in [0.4, 0.5) is 0 Å². The minimum Gasteiger partial charge on any atom is -0.378 e. The maximum Gasteiger partial charge on any atom is 0.264 e. The Hall–Kier alpha value is -0.130. The largest absolute Gasteiger partial charge is 0.378 e. The van der Waals surface area contributed by atoms with E-state index in [4.69, 9.17) is 4.74 Å². The van der Waals surface area contributed by atoms with Gasteiger partial charge in [0.2, 0.25) is 0 Å². The third kappa shape index (κ3) is 5.23. The van der Waals surface area contributed by atoms with Gasteiger partial charge in [-0.05, 0) is 25.7 Å². The van der Waals surface area contributed by atoms with Crippen molar-refractivity contribution in [1.29, 1.82) is 0 Å². The molecular weight excluding hydrogens is 192 g/mol. The zero-order valence-electron chi connectivity index (χ0n) is 7.86. The van der Waals surface area contributed by atoms with Crippen molar-refractivity contribution in [3.05, 3.63) is 0 Å². The molecule has 0 aromatic heterocycles. The fourth-order valence-electron chi connectivity index (χ4n) is 1.39. The first-order valence-electron chi connectivity index (χ1n) is 4.54. The molecule has 0 aliphatic carbocycles. The molecule has 13 heavy (non-hydrogen) atoms. The van der Waals surface area contributed by atoms with E-state index in [1.54, 1.807) is 0 Å². The highest BCUT2D eigenvalue weighted by atomic mass is 32.2. The molecule has 78 valence electrons. The fraction of sp³-hybridized carbons (Fsp3) is 1.00. The standard InChI is InChI=1S/C8H16O4S/c1-13(9,10)12-7-3-5-8-4-2-6-11-8/h8H,2-7H2,1H3. The number of rotatable bonds is 5. The summed E-state index contributed by atoms with van der Waals surface area (Å²) in [7, 11) is -3.26. The third-order valence-electron chi connectivity index (χ3n) is 1.99. The van der Waals surface area contributed by atoms with E-state index in [2.05, 4.69) is 4.18 Å². The molecule has 4 nitrogen and oxygen atoms in total. The van der Waals surface area contributed by atoms with E-state index >= 15 is 0 Å². The summed E-state index contributed by atoms with van der Waals surface area (Å²) in [5.74, 6) is 0. The van der Waals surface area contributed by atoms with E-state index in [1.807, 2.05) is 0 Å². The molecule has 1 fully saturated rings. The van der Waals surface area contributed by atoms with Crippen LogP contribution in [0.3, 0.4) is 0 Å². The van der Waals surface area contributed by atoms with Gasteiger partial charge in [-0.2, -0.15) is 8.42 Å². The average molecular weight is 208 g/mol. The lowest BCUT2D eigenvalue weighted by atomic mass is 10.1. The van der Waals surface area contributed by atoms with Crippen molar-refractivity contribution < 1.29 is 17.3 Å². The van der Waals surface area contributed by atoms with Crippen molar-refractivity contribution in [2.75, 3.05) is 19.5 Å². The van der Waals surface area contributed by atoms with Crippen molar-refractivity contribution in [3.8, 4) is 0 Å². The molecule has 1 heterocycles. The molecule has 1 aliphatic heterocycles. The second-order valence-corrected chi connectivity index (χ2v) is 4.95. The molecule has 1 unspecified atom stereocenters. The first-order valence-corrected chi connectivity index (χ1v) is 6.35. The molecule has 0 spiro atoms. The Balaban J connectivity index is 2.01. The smallest absolute Gasteiger partial charge is 0.264 e. The first kappa shape index (κ1) is 10.9. The lowest BCUT2D eigenvalue weighted by Gasteiger charge is -2.07. The molecule has 5 heteroatoms. The van der Waals surface area contributed by atoms with Crippen LogP contribution in [0, 0.1) is 0 Å². The van der Waals surface area contributed by atoms with Gasteiger partial charge in [0.05, 0.1) is 19.0 Å². The number of ether oxygens (including phenoxy) is 1.